The lowest BCUT2D eigenvalue weighted by atomic mass is 9.92. The van der Waals surface area contributed by atoms with Gasteiger partial charge in [0.05, 0.1) is 6.10 Å². The Labute approximate surface area is 90.6 Å². The molecule has 3 atom stereocenters. The van der Waals surface area contributed by atoms with Gasteiger partial charge < -0.3 is 10.2 Å². The molecule has 82 valence electrons. The van der Waals surface area contributed by atoms with Crippen LogP contribution in [0.15, 0.2) is 30.3 Å². The molecule has 1 aromatic rings. The van der Waals surface area contributed by atoms with Crippen molar-refractivity contribution in [2.45, 2.75) is 31.3 Å². The third-order valence-electron chi connectivity index (χ3n) is 3.47. The van der Waals surface area contributed by atoms with E-state index in [1.165, 1.54) is 5.56 Å². The van der Waals surface area contributed by atoms with Gasteiger partial charge in [-0.2, -0.15) is 0 Å². The van der Waals surface area contributed by atoms with Gasteiger partial charge in [0, 0.05) is 12.5 Å². The predicted molar refractivity (Wildman–Crippen MR) is 59.6 cm³/mol. The lowest BCUT2D eigenvalue weighted by molar-refractivity contribution is 0.100. The Hall–Kier alpha value is -0.860. The van der Waals surface area contributed by atoms with Crippen molar-refractivity contribution in [2.75, 3.05) is 6.61 Å². The van der Waals surface area contributed by atoms with Crippen molar-refractivity contribution >= 4 is 0 Å². The molecule has 0 saturated heterocycles. The topological polar surface area (TPSA) is 40.5 Å². The van der Waals surface area contributed by atoms with E-state index in [1.54, 1.807) is 0 Å². The molecule has 1 aliphatic rings. The van der Waals surface area contributed by atoms with Gasteiger partial charge in [0.25, 0.3) is 0 Å². The van der Waals surface area contributed by atoms with Gasteiger partial charge in [-0.25, -0.2) is 0 Å². The number of hydrogen-bond donors (Lipinski definition) is 2. The van der Waals surface area contributed by atoms with Crippen molar-refractivity contribution in [3.05, 3.63) is 35.9 Å². The summed E-state index contributed by atoms with van der Waals surface area (Å²) in [6.45, 7) is 0.184. The maximum absolute atomic E-state index is 10.1. The molecule has 15 heavy (non-hydrogen) atoms. The van der Waals surface area contributed by atoms with E-state index in [2.05, 4.69) is 12.1 Å². The van der Waals surface area contributed by atoms with Gasteiger partial charge in [0.2, 0.25) is 0 Å². The van der Waals surface area contributed by atoms with Crippen LogP contribution in [0.3, 0.4) is 0 Å². The summed E-state index contributed by atoms with van der Waals surface area (Å²) in [6.07, 6.45) is 2.52. The lowest BCUT2D eigenvalue weighted by Gasteiger charge is -2.19. The third kappa shape index (κ3) is 2.21. The quantitative estimate of drug-likeness (QED) is 0.793. The SMILES string of the molecule is OCC[C@H]1CC[C@@H](c2ccccc2)[C@H]1O. The molecule has 0 aromatic heterocycles. The molecule has 1 aliphatic carbocycles. The van der Waals surface area contributed by atoms with E-state index < -0.39 is 0 Å². The van der Waals surface area contributed by atoms with Crippen LogP contribution in [0.25, 0.3) is 0 Å². The minimum atomic E-state index is -0.278. The fourth-order valence-corrected chi connectivity index (χ4v) is 2.61. The van der Waals surface area contributed by atoms with Crippen LogP contribution in [-0.2, 0) is 0 Å². The zero-order valence-corrected chi connectivity index (χ0v) is 8.84. The normalized spacial score (nSPS) is 30.7. The molecule has 2 nitrogen and oxygen atoms in total. The average molecular weight is 206 g/mol. The van der Waals surface area contributed by atoms with Gasteiger partial charge in [-0.05, 0) is 30.7 Å². The van der Waals surface area contributed by atoms with Crippen molar-refractivity contribution < 1.29 is 10.2 Å². The van der Waals surface area contributed by atoms with Gasteiger partial charge in [0.1, 0.15) is 0 Å². The van der Waals surface area contributed by atoms with Crippen LogP contribution in [0.1, 0.15) is 30.7 Å². The van der Waals surface area contributed by atoms with Gasteiger partial charge in [-0.3, -0.25) is 0 Å². The molecule has 1 saturated carbocycles. The Bertz CT molecular complexity index is 297. The average Bonchev–Trinajstić information content (AvgIpc) is 2.63. The summed E-state index contributed by atoms with van der Waals surface area (Å²) in [5.41, 5.74) is 1.23. The highest BCUT2D eigenvalue weighted by Gasteiger charge is 2.34. The molecule has 2 N–H and O–H groups in total. The molecule has 2 heteroatoms. The predicted octanol–water partition coefficient (Wildman–Crippen LogP) is 1.92. The second kappa shape index (κ2) is 4.77. The molecule has 1 aromatic carbocycles. The Balaban J connectivity index is 2.07. The van der Waals surface area contributed by atoms with E-state index in [0.29, 0.717) is 0 Å². The third-order valence-corrected chi connectivity index (χ3v) is 3.47. The number of benzene rings is 1. The molecule has 0 spiro atoms. The first-order valence-electron chi connectivity index (χ1n) is 5.67. The molecule has 0 aliphatic heterocycles. The fourth-order valence-electron chi connectivity index (χ4n) is 2.61. The van der Waals surface area contributed by atoms with Gasteiger partial charge in [-0.1, -0.05) is 30.3 Å². The molecule has 0 amide bonds. The van der Waals surface area contributed by atoms with Gasteiger partial charge in [-0.15, -0.1) is 0 Å². The Morgan fingerprint density at radius 3 is 2.53 bits per heavy atom. The minimum absolute atomic E-state index is 0.184. The highest BCUT2D eigenvalue weighted by Crippen LogP contribution is 2.39. The smallest absolute Gasteiger partial charge is 0.0637 e. The van der Waals surface area contributed by atoms with E-state index in [4.69, 9.17) is 5.11 Å². The molecule has 2 rings (SSSR count). The van der Waals surface area contributed by atoms with Crippen LogP contribution >= 0.6 is 0 Å². The van der Waals surface area contributed by atoms with Crippen LogP contribution in [0.4, 0.5) is 0 Å². The Morgan fingerprint density at radius 1 is 1.13 bits per heavy atom. The Kier molecular flexibility index (Phi) is 3.39. The monoisotopic (exact) mass is 206 g/mol. The summed E-state index contributed by atoms with van der Waals surface area (Å²) in [7, 11) is 0. The molecule has 0 bridgehead atoms. The van der Waals surface area contributed by atoms with Crippen LogP contribution in [0.2, 0.25) is 0 Å². The summed E-state index contributed by atoms with van der Waals surface area (Å²) in [5, 5.41) is 19.0. The zero-order chi connectivity index (χ0) is 10.7. The molecule has 0 heterocycles. The minimum Gasteiger partial charge on any atom is -0.396 e. The van der Waals surface area contributed by atoms with Crippen LogP contribution in [-0.4, -0.2) is 22.9 Å². The van der Waals surface area contributed by atoms with E-state index in [-0.39, 0.29) is 24.5 Å². The van der Waals surface area contributed by atoms with Crippen molar-refractivity contribution in [1.29, 1.82) is 0 Å². The second-order valence-electron chi connectivity index (χ2n) is 4.36. The number of aliphatic hydroxyl groups excluding tert-OH is 2. The van der Waals surface area contributed by atoms with Gasteiger partial charge in [0.15, 0.2) is 0 Å². The van der Waals surface area contributed by atoms with Crippen molar-refractivity contribution in [2.24, 2.45) is 5.92 Å². The molecule has 1 fully saturated rings. The molecular formula is C13H18O2. The maximum atomic E-state index is 10.1. The van der Waals surface area contributed by atoms with E-state index in [0.717, 1.165) is 19.3 Å². The Morgan fingerprint density at radius 2 is 1.87 bits per heavy atom. The summed E-state index contributed by atoms with van der Waals surface area (Å²) in [4.78, 5) is 0. The van der Waals surface area contributed by atoms with Gasteiger partial charge >= 0.3 is 0 Å². The highest BCUT2D eigenvalue weighted by atomic mass is 16.3. The van der Waals surface area contributed by atoms with E-state index in [9.17, 15) is 5.11 Å². The number of rotatable bonds is 3. The first-order valence-corrected chi connectivity index (χ1v) is 5.67. The van der Waals surface area contributed by atoms with Crippen LogP contribution in [0.5, 0.6) is 0 Å². The summed E-state index contributed by atoms with van der Waals surface area (Å²) < 4.78 is 0. The second-order valence-corrected chi connectivity index (χ2v) is 4.36. The molecular weight excluding hydrogens is 188 g/mol. The number of aliphatic hydroxyl groups is 2. The molecule has 0 radical (unpaired) electrons. The van der Waals surface area contributed by atoms with Crippen LogP contribution < -0.4 is 0 Å². The summed E-state index contributed by atoms with van der Waals surface area (Å²) >= 11 is 0. The largest absolute Gasteiger partial charge is 0.396 e. The van der Waals surface area contributed by atoms with Crippen LogP contribution in [0, 0.1) is 5.92 Å². The van der Waals surface area contributed by atoms with E-state index >= 15 is 0 Å². The molecule has 0 unspecified atom stereocenters. The number of hydrogen-bond acceptors (Lipinski definition) is 2. The summed E-state index contributed by atoms with van der Waals surface area (Å²) in [6, 6.07) is 10.2. The zero-order valence-electron chi connectivity index (χ0n) is 8.84. The van der Waals surface area contributed by atoms with E-state index in [1.807, 2.05) is 18.2 Å². The highest BCUT2D eigenvalue weighted by molar-refractivity contribution is 5.22. The van der Waals surface area contributed by atoms with Crippen molar-refractivity contribution in [1.82, 2.24) is 0 Å². The first kappa shape index (κ1) is 10.7. The van der Waals surface area contributed by atoms with Crippen molar-refractivity contribution in [3.8, 4) is 0 Å². The lowest BCUT2D eigenvalue weighted by Crippen LogP contribution is -2.20. The fraction of sp³-hybridized carbons (Fsp3) is 0.538. The van der Waals surface area contributed by atoms with Crippen molar-refractivity contribution in [3.63, 3.8) is 0 Å². The first-order chi connectivity index (χ1) is 7.33. The summed E-state index contributed by atoms with van der Waals surface area (Å²) in [5.74, 6) is 0.544. The standard InChI is InChI=1S/C13H18O2/c14-9-8-11-6-7-12(13(11)15)10-4-2-1-3-5-10/h1-5,11-15H,6-9H2/t11-,12+,13+/m1/s1. The maximum Gasteiger partial charge on any atom is 0.0637 e.